The van der Waals surface area contributed by atoms with Crippen LogP contribution < -0.4 is 5.73 Å². The number of carbonyl (C=O) groups excluding carboxylic acids is 1. The Morgan fingerprint density at radius 1 is 1.00 bits per heavy atom. The van der Waals surface area contributed by atoms with E-state index in [0.717, 1.165) is 45.2 Å². The van der Waals surface area contributed by atoms with Crippen molar-refractivity contribution in [3.05, 3.63) is 48.0 Å². The molecule has 23 heavy (non-hydrogen) atoms. The van der Waals surface area contributed by atoms with Gasteiger partial charge in [0.1, 0.15) is 0 Å². The lowest BCUT2D eigenvalue weighted by molar-refractivity contribution is -0.130. The summed E-state index contributed by atoms with van der Waals surface area (Å²) < 4.78 is 0. The minimum Gasteiger partial charge on any atom is -0.345 e. The van der Waals surface area contributed by atoms with Crippen LogP contribution in [-0.4, -0.2) is 30.9 Å². The maximum absolute atomic E-state index is 12.2. The van der Waals surface area contributed by atoms with Gasteiger partial charge in [-0.3, -0.25) is 4.79 Å². The number of fused-ring (bicyclic) bond motifs is 1. The molecule has 3 heteroatoms. The van der Waals surface area contributed by atoms with Crippen LogP contribution in [0, 0.1) is 0 Å². The number of carbonyl (C=O) groups is 1. The molecule has 0 unspecified atom stereocenters. The Labute approximate surface area is 139 Å². The number of unbranched alkanes of at least 4 members (excludes halogenated alkanes) is 3. The number of rotatable bonds is 9. The van der Waals surface area contributed by atoms with Crippen LogP contribution in [0.1, 0.15) is 37.7 Å². The van der Waals surface area contributed by atoms with Gasteiger partial charge in [-0.25, -0.2) is 0 Å². The van der Waals surface area contributed by atoms with Crippen molar-refractivity contribution in [3.8, 4) is 0 Å². The first-order valence-corrected chi connectivity index (χ1v) is 8.63. The molecule has 0 radical (unpaired) electrons. The summed E-state index contributed by atoms with van der Waals surface area (Å²) in [5.41, 5.74) is 6.79. The van der Waals surface area contributed by atoms with Crippen LogP contribution in [0.2, 0.25) is 0 Å². The SMILES string of the molecule is CN(CCc1cccc2ccccc12)C(=O)CCCCCCN. The van der Waals surface area contributed by atoms with Gasteiger partial charge < -0.3 is 10.6 Å². The summed E-state index contributed by atoms with van der Waals surface area (Å²) in [5.74, 6) is 0.248. The molecule has 0 heterocycles. The smallest absolute Gasteiger partial charge is 0.222 e. The van der Waals surface area contributed by atoms with E-state index < -0.39 is 0 Å². The zero-order valence-corrected chi connectivity index (χ0v) is 14.1. The van der Waals surface area contributed by atoms with E-state index in [2.05, 4.69) is 42.5 Å². The molecule has 0 aromatic heterocycles. The fourth-order valence-corrected chi connectivity index (χ4v) is 2.89. The van der Waals surface area contributed by atoms with E-state index in [0.29, 0.717) is 6.42 Å². The molecule has 124 valence electrons. The van der Waals surface area contributed by atoms with Crippen molar-refractivity contribution in [2.24, 2.45) is 5.73 Å². The highest BCUT2D eigenvalue weighted by atomic mass is 16.2. The van der Waals surface area contributed by atoms with E-state index in [4.69, 9.17) is 5.73 Å². The van der Waals surface area contributed by atoms with Gasteiger partial charge in [-0.1, -0.05) is 55.3 Å². The number of nitrogens with two attached hydrogens (primary N) is 1. The Balaban J connectivity index is 1.81. The van der Waals surface area contributed by atoms with Gasteiger partial charge >= 0.3 is 0 Å². The fraction of sp³-hybridized carbons (Fsp3) is 0.450. The van der Waals surface area contributed by atoms with Crippen molar-refractivity contribution in [1.82, 2.24) is 4.90 Å². The molecule has 2 N–H and O–H groups in total. The van der Waals surface area contributed by atoms with Crippen molar-refractivity contribution >= 4 is 16.7 Å². The van der Waals surface area contributed by atoms with Crippen LogP contribution in [0.15, 0.2) is 42.5 Å². The Hall–Kier alpha value is -1.87. The molecule has 1 amide bonds. The van der Waals surface area contributed by atoms with E-state index in [9.17, 15) is 4.79 Å². The minimum absolute atomic E-state index is 0.248. The van der Waals surface area contributed by atoms with Crippen molar-refractivity contribution in [1.29, 1.82) is 0 Å². The number of nitrogens with zero attached hydrogens (tertiary/aromatic N) is 1. The summed E-state index contributed by atoms with van der Waals surface area (Å²) in [6, 6.07) is 14.8. The summed E-state index contributed by atoms with van der Waals surface area (Å²) in [5, 5.41) is 2.55. The van der Waals surface area contributed by atoms with Crippen LogP contribution in [0.25, 0.3) is 10.8 Å². The quantitative estimate of drug-likeness (QED) is 0.717. The summed E-state index contributed by atoms with van der Waals surface area (Å²) in [7, 11) is 1.91. The van der Waals surface area contributed by atoms with E-state index >= 15 is 0 Å². The van der Waals surface area contributed by atoms with E-state index in [-0.39, 0.29) is 5.91 Å². The maximum Gasteiger partial charge on any atom is 0.222 e. The lowest BCUT2D eigenvalue weighted by Gasteiger charge is -2.18. The molecule has 0 bridgehead atoms. The molecule has 2 aromatic carbocycles. The van der Waals surface area contributed by atoms with Gasteiger partial charge in [0.15, 0.2) is 0 Å². The maximum atomic E-state index is 12.2. The average Bonchev–Trinajstić information content (AvgIpc) is 2.59. The minimum atomic E-state index is 0.248. The van der Waals surface area contributed by atoms with Gasteiger partial charge in [0.05, 0.1) is 0 Å². The first kappa shape index (κ1) is 17.5. The molecule has 2 rings (SSSR count). The Kier molecular flexibility index (Phi) is 7.08. The van der Waals surface area contributed by atoms with Gasteiger partial charge in [-0.2, -0.15) is 0 Å². The molecule has 0 saturated carbocycles. The number of amides is 1. The van der Waals surface area contributed by atoms with Gasteiger partial charge in [-0.05, 0) is 42.1 Å². The number of benzene rings is 2. The third-order valence-electron chi connectivity index (χ3n) is 4.37. The molecule has 0 fully saturated rings. The zero-order valence-electron chi connectivity index (χ0n) is 14.1. The van der Waals surface area contributed by atoms with Gasteiger partial charge in [0.25, 0.3) is 0 Å². The first-order chi connectivity index (χ1) is 11.2. The normalized spacial score (nSPS) is 10.9. The van der Waals surface area contributed by atoms with Crippen LogP contribution in [-0.2, 0) is 11.2 Å². The second-order valence-corrected chi connectivity index (χ2v) is 6.16. The summed E-state index contributed by atoms with van der Waals surface area (Å²) in [6.07, 6.45) is 5.81. The predicted octanol–water partition coefficient (Wildman–Crippen LogP) is 3.75. The van der Waals surface area contributed by atoms with Crippen molar-refractivity contribution in [3.63, 3.8) is 0 Å². The Morgan fingerprint density at radius 3 is 2.57 bits per heavy atom. The predicted molar refractivity (Wildman–Crippen MR) is 97.4 cm³/mol. The van der Waals surface area contributed by atoms with Crippen LogP contribution >= 0.6 is 0 Å². The van der Waals surface area contributed by atoms with Crippen LogP contribution in [0.5, 0.6) is 0 Å². The highest BCUT2D eigenvalue weighted by Gasteiger charge is 2.09. The molecule has 0 aliphatic heterocycles. The third-order valence-corrected chi connectivity index (χ3v) is 4.37. The zero-order chi connectivity index (χ0) is 16.5. The van der Waals surface area contributed by atoms with Crippen LogP contribution in [0.4, 0.5) is 0 Å². The van der Waals surface area contributed by atoms with Crippen molar-refractivity contribution in [2.45, 2.75) is 38.5 Å². The summed E-state index contributed by atoms with van der Waals surface area (Å²) in [4.78, 5) is 14.0. The fourth-order valence-electron chi connectivity index (χ4n) is 2.89. The van der Waals surface area contributed by atoms with Crippen molar-refractivity contribution < 1.29 is 4.79 Å². The van der Waals surface area contributed by atoms with Gasteiger partial charge in [0, 0.05) is 20.0 Å². The van der Waals surface area contributed by atoms with Gasteiger partial charge in [-0.15, -0.1) is 0 Å². The highest BCUT2D eigenvalue weighted by molar-refractivity contribution is 5.85. The lowest BCUT2D eigenvalue weighted by Crippen LogP contribution is -2.28. The van der Waals surface area contributed by atoms with E-state index in [1.807, 2.05) is 11.9 Å². The molecule has 2 aromatic rings. The number of hydrogen-bond acceptors (Lipinski definition) is 2. The third kappa shape index (κ3) is 5.36. The average molecular weight is 312 g/mol. The second-order valence-electron chi connectivity index (χ2n) is 6.16. The summed E-state index contributed by atoms with van der Waals surface area (Å²) in [6.45, 7) is 1.52. The molecule has 0 aliphatic rings. The molecule has 3 nitrogen and oxygen atoms in total. The molecule has 0 aliphatic carbocycles. The van der Waals surface area contributed by atoms with E-state index in [1.165, 1.54) is 16.3 Å². The lowest BCUT2D eigenvalue weighted by atomic mass is 10.0. The molecular formula is C20H28N2O. The topological polar surface area (TPSA) is 46.3 Å². The molecule has 0 saturated heterocycles. The standard InChI is InChI=1S/C20H28N2O/c1-22(20(23)13-4-2-3-7-15-21)16-14-18-11-8-10-17-9-5-6-12-19(17)18/h5-6,8-12H,2-4,7,13-16,21H2,1H3. The van der Waals surface area contributed by atoms with Crippen LogP contribution in [0.3, 0.4) is 0 Å². The Bertz CT molecular complexity index is 619. The molecule has 0 spiro atoms. The van der Waals surface area contributed by atoms with Gasteiger partial charge in [0.2, 0.25) is 5.91 Å². The first-order valence-electron chi connectivity index (χ1n) is 8.63. The second kappa shape index (κ2) is 9.31. The Morgan fingerprint density at radius 2 is 1.74 bits per heavy atom. The number of hydrogen-bond donors (Lipinski definition) is 1. The summed E-state index contributed by atoms with van der Waals surface area (Å²) >= 11 is 0. The molecular weight excluding hydrogens is 284 g/mol. The highest BCUT2D eigenvalue weighted by Crippen LogP contribution is 2.19. The number of likely N-dealkylation sites (N-methyl/N-ethyl adjacent to an activating group) is 1. The largest absolute Gasteiger partial charge is 0.345 e. The van der Waals surface area contributed by atoms with Crippen molar-refractivity contribution in [2.75, 3.05) is 20.1 Å². The molecule has 0 atom stereocenters. The monoisotopic (exact) mass is 312 g/mol. The van der Waals surface area contributed by atoms with E-state index in [1.54, 1.807) is 0 Å².